The van der Waals surface area contributed by atoms with Crippen LogP contribution in [0, 0.1) is 0 Å². The Labute approximate surface area is 131 Å². The molecule has 1 fully saturated rings. The molecule has 1 aromatic rings. The van der Waals surface area contributed by atoms with Gasteiger partial charge in [-0.05, 0) is 57.0 Å². The second-order valence-electron chi connectivity index (χ2n) is 5.67. The highest BCUT2D eigenvalue weighted by atomic mass is 35.5. The van der Waals surface area contributed by atoms with Gasteiger partial charge in [-0.2, -0.15) is 0 Å². The van der Waals surface area contributed by atoms with Gasteiger partial charge in [0.05, 0.1) is 10.6 Å². The molecule has 1 aliphatic rings. The van der Waals surface area contributed by atoms with E-state index in [4.69, 9.17) is 17.3 Å². The first-order chi connectivity index (χ1) is 10.1. The van der Waals surface area contributed by atoms with E-state index in [1.54, 1.807) is 12.1 Å². The monoisotopic (exact) mass is 309 g/mol. The summed E-state index contributed by atoms with van der Waals surface area (Å²) in [5.74, 6) is -0.490. The smallest absolute Gasteiger partial charge is 0.250 e. The lowest BCUT2D eigenvalue weighted by Gasteiger charge is -2.20. The molecule has 1 unspecified atom stereocenters. The minimum atomic E-state index is -0.490. The maximum atomic E-state index is 11.2. The van der Waals surface area contributed by atoms with Crippen LogP contribution in [0.5, 0.6) is 0 Å². The highest BCUT2D eigenvalue weighted by Crippen LogP contribution is 2.23. The van der Waals surface area contributed by atoms with E-state index < -0.39 is 5.91 Å². The number of carbonyl (C=O) groups excluding carboxylic acids is 1. The molecule has 0 saturated carbocycles. The molecule has 4 nitrogen and oxygen atoms in total. The molecular formula is C16H24ClN3O. The van der Waals surface area contributed by atoms with Crippen molar-refractivity contribution >= 4 is 23.2 Å². The normalized spacial score (nSPS) is 20.0. The Morgan fingerprint density at radius 1 is 1.43 bits per heavy atom. The van der Waals surface area contributed by atoms with Crippen LogP contribution >= 0.6 is 11.6 Å². The van der Waals surface area contributed by atoms with E-state index in [9.17, 15) is 4.79 Å². The van der Waals surface area contributed by atoms with Crippen molar-refractivity contribution in [2.24, 2.45) is 5.73 Å². The molecule has 0 radical (unpaired) electrons. The molecule has 1 aromatic carbocycles. The third-order valence-electron chi connectivity index (χ3n) is 3.97. The van der Waals surface area contributed by atoms with Crippen LogP contribution in [0.15, 0.2) is 18.2 Å². The minimum Gasteiger partial charge on any atom is -0.382 e. The number of rotatable bonds is 5. The molecule has 0 bridgehead atoms. The number of nitrogens with zero attached hydrogens (tertiary/aromatic N) is 1. The van der Waals surface area contributed by atoms with Gasteiger partial charge in [0.15, 0.2) is 0 Å². The van der Waals surface area contributed by atoms with Crippen LogP contribution in [0.25, 0.3) is 0 Å². The maximum Gasteiger partial charge on any atom is 0.250 e. The Balaban J connectivity index is 1.95. The largest absolute Gasteiger partial charge is 0.382 e. The summed E-state index contributed by atoms with van der Waals surface area (Å²) in [7, 11) is 0. The molecule has 116 valence electrons. The van der Waals surface area contributed by atoms with Crippen molar-refractivity contribution in [1.82, 2.24) is 4.90 Å². The van der Waals surface area contributed by atoms with Crippen molar-refractivity contribution in [3.05, 3.63) is 28.8 Å². The Kier molecular flexibility index (Phi) is 5.88. The SMILES string of the molecule is CCCN1CCCC(Nc2ccc(C(N)=O)c(Cl)c2)CC1. The van der Waals surface area contributed by atoms with Gasteiger partial charge >= 0.3 is 0 Å². The Morgan fingerprint density at radius 3 is 2.90 bits per heavy atom. The fourth-order valence-corrected chi connectivity index (χ4v) is 3.15. The number of hydrogen-bond acceptors (Lipinski definition) is 3. The summed E-state index contributed by atoms with van der Waals surface area (Å²) in [6, 6.07) is 5.81. The van der Waals surface area contributed by atoms with E-state index in [1.807, 2.05) is 6.07 Å². The Bertz CT molecular complexity index is 492. The molecule has 1 heterocycles. The van der Waals surface area contributed by atoms with Crippen LogP contribution in [-0.2, 0) is 0 Å². The van der Waals surface area contributed by atoms with Gasteiger partial charge in [0.1, 0.15) is 0 Å². The zero-order valence-corrected chi connectivity index (χ0v) is 13.3. The van der Waals surface area contributed by atoms with Gasteiger partial charge in [0.25, 0.3) is 0 Å². The third kappa shape index (κ3) is 4.61. The van der Waals surface area contributed by atoms with Crippen LogP contribution in [0.4, 0.5) is 5.69 Å². The zero-order valence-electron chi connectivity index (χ0n) is 12.6. The van der Waals surface area contributed by atoms with Crippen LogP contribution in [0.1, 0.15) is 43.0 Å². The molecule has 2 rings (SSSR count). The Hall–Kier alpha value is -1.26. The van der Waals surface area contributed by atoms with Gasteiger partial charge in [-0.15, -0.1) is 0 Å². The number of amides is 1. The minimum absolute atomic E-state index is 0.372. The number of benzene rings is 1. The van der Waals surface area contributed by atoms with E-state index in [1.165, 1.54) is 25.9 Å². The van der Waals surface area contributed by atoms with Gasteiger partial charge in [-0.25, -0.2) is 0 Å². The molecule has 21 heavy (non-hydrogen) atoms. The van der Waals surface area contributed by atoms with Crippen LogP contribution < -0.4 is 11.1 Å². The number of nitrogens with one attached hydrogen (secondary N) is 1. The summed E-state index contributed by atoms with van der Waals surface area (Å²) < 4.78 is 0. The number of carbonyl (C=O) groups is 1. The van der Waals surface area contributed by atoms with Crippen molar-refractivity contribution in [2.75, 3.05) is 25.0 Å². The fraction of sp³-hybridized carbons (Fsp3) is 0.562. The molecule has 1 amide bonds. The molecular weight excluding hydrogens is 286 g/mol. The number of nitrogens with two attached hydrogens (primary N) is 1. The molecule has 0 aliphatic carbocycles. The van der Waals surface area contributed by atoms with Crippen molar-refractivity contribution in [2.45, 2.75) is 38.6 Å². The second kappa shape index (κ2) is 7.66. The zero-order chi connectivity index (χ0) is 15.2. The average molecular weight is 310 g/mol. The van der Waals surface area contributed by atoms with Gasteiger partial charge in [0, 0.05) is 18.3 Å². The molecule has 0 spiro atoms. The summed E-state index contributed by atoms with van der Waals surface area (Å²) in [4.78, 5) is 13.7. The molecule has 1 saturated heterocycles. The summed E-state index contributed by atoms with van der Waals surface area (Å²) in [5, 5.41) is 3.94. The van der Waals surface area contributed by atoms with Crippen molar-refractivity contribution in [3.8, 4) is 0 Å². The Morgan fingerprint density at radius 2 is 2.24 bits per heavy atom. The van der Waals surface area contributed by atoms with Crippen LogP contribution in [0.3, 0.4) is 0 Å². The van der Waals surface area contributed by atoms with E-state index in [0.717, 1.165) is 25.1 Å². The second-order valence-corrected chi connectivity index (χ2v) is 6.08. The molecule has 1 atom stereocenters. The maximum absolute atomic E-state index is 11.2. The first-order valence-electron chi connectivity index (χ1n) is 7.68. The fourth-order valence-electron chi connectivity index (χ4n) is 2.88. The summed E-state index contributed by atoms with van der Waals surface area (Å²) in [5.41, 5.74) is 6.59. The van der Waals surface area contributed by atoms with Gasteiger partial charge < -0.3 is 16.0 Å². The highest BCUT2D eigenvalue weighted by Gasteiger charge is 2.17. The van der Waals surface area contributed by atoms with Gasteiger partial charge in [-0.3, -0.25) is 4.79 Å². The van der Waals surface area contributed by atoms with Crippen LogP contribution in [0.2, 0.25) is 5.02 Å². The predicted molar refractivity (Wildman–Crippen MR) is 88.0 cm³/mol. The van der Waals surface area contributed by atoms with Crippen LogP contribution in [-0.4, -0.2) is 36.5 Å². The number of hydrogen-bond donors (Lipinski definition) is 2. The van der Waals surface area contributed by atoms with E-state index >= 15 is 0 Å². The quantitative estimate of drug-likeness (QED) is 0.878. The van der Waals surface area contributed by atoms with Crippen molar-refractivity contribution < 1.29 is 4.79 Å². The first-order valence-corrected chi connectivity index (χ1v) is 8.06. The number of halogens is 1. The lowest BCUT2D eigenvalue weighted by molar-refractivity contribution is 0.100. The summed E-state index contributed by atoms with van der Waals surface area (Å²) in [6.07, 6.45) is 4.72. The molecule has 0 aromatic heterocycles. The molecule has 3 N–H and O–H groups in total. The average Bonchev–Trinajstić information content (AvgIpc) is 2.65. The lowest BCUT2D eigenvalue weighted by Crippen LogP contribution is -2.27. The van der Waals surface area contributed by atoms with E-state index in [0.29, 0.717) is 16.6 Å². The number of likely N-dealkylation sites (tertiary alicyclic amines) is 1. The van der Waals surface area contributed by atoms with E-state index in [-0.39, 0.29) is 0 Å². The van der Waals surface area contributed by atoms with Gasteiger partial charge in [0.2, 0.25) is 5.91 Å². The predicted octanol–water partition coefficient (Wildman–Crippen LogP) is 3.12. The van der Waals surface area contributed by atoms with Crippen molar-refractivity contribution in [1.29, 1.82) is 0 Å². The van der Waals surface area contributed by atoms with Crippen molar-refractivity contribution in [3.63, 3.8) is 0 Å². The molecule has 1 aliphatic heterocycles. The highest BCUT2D eigenvalue weighted by molar-refractivity contribution is 6.34. The number of primary amides is 1. The first kappa shape index (κ1) is 16.1. The third-order valence-corrected chi connectivity index (χ3v) is 4.28. The van der Waals surface area contributed by atoms with E-state index in [2.05, 4.69) is 17.1 Å². The lowest BCUT2D eigenvalue weighted by atomic mass is 10.1. The molecule has 5 heteroatoms. The summed E-state index contributed by atoms with van der Waals surface area (Å²) >= 11 is 6.09. The standard InChI is InChI=1S/C16H24ClN3O/c1-2-8-20-9-3-4-12(7-10-20)19-13-5-6-14(16(18)21)15(17)11-13/h5-6,11-12,19H,2-4,7-10H2,1H3,(H2,18,21). The number of anilines is 1. The summed E-state index contributed by atoms with van der Waals surface area (Å²) in [6.45, 7) is 5.74. The van der Waals surface area contributed by atoms with Gasteiger partial charge in [-0.1, -0.05) is 18.5 Å². The topological polar surface area (TPSA) is 58.4 Å².